The average Bonchev–Trinajstić information content (AvgIpc) is 2.45. The number of hydrogen-bond acceptors (Lipinski definition) is 3. The fraction of sp³-hybridized carbons (Fsp3) is 0.0667. The minimum atomic E-state index is 0.298. The van der Waals surface area contributed by atoms with E-state index < -0.39 is 0 Å². The van der Waals surface area contributed by atoms with Gasteiger partial charge >= 0.3 is 0 Å². The monoisotopic (exact) mass is 286 g/mol. The molecule has 0 aliphatic rings. The van der Waals surface area contributed by atoms with Crippen LogP contribution in [0, 0.1) is 5.21 Å². The Kier molecular flexibility index (Phi) is 3.39. The standard InChI is InChI=1S/C15H11ClN2O2/c16-14-9-13(20-10-11-5-2-1-3-6-11)15-12(17-14)7-4-8-18(15)19/h1-9H,10H2. The Balaban J connectivity index is 1.98. The molecule has 3 rings (SSSR count). The van der Waals surface area contributed by atoms with Gasteiger partial charge in [0.2, 0.25) is 0 Å². The normalized spacial score (nSPS) is 10.7. The largest absolute Gasteiger partial charge is 0.618 e. The van der Waals surface area contributed by atoms with Gasteiger partial charge in [0.1, 0.15) is 17.3 Å². The zero-order chi connectivity index (χ0) is 13.9. The summed E-state index contributed by atoms with van der Waals surface area (Å²) in [6.07, 6.45) is 1.41. The molecule has 0 aliphatic carbocycles. The number of ether oxygens (including phenoxy) is 1. The lowest BCUT2D eigenvalue weighted by Crippen LogP contribution is -2.26. The third-order valence-electron chi connectivity index (χ3n) is 2.89. The Hall–Kier alpha value is -2.33. The van der Waals surface area contributed by atoms with Gasteiger partial charge in [0.25, 0.3) is 5.52 Å². The fourth-order valence-corrected chi connectivity index (χ4v) is 2.16. The van der Waals surface area contributed by atoms with Crippen molar-refractivity contribution in [3.8, 4) is 5.75 Å². The Labute approximate surface area is 120 Å². The van der Waals surface area contributed by atoms with Crippen LogP contribution in [0.15, 0.2) is 54.7 Å². The molecule has 4 nitrogen and oxygen atoms in total. The van der Waals surface area contributed by atoms with Crippen LogP contribution in [0.3, 0.4) is 0 Å². The quantitative estimate of drug-likeness (QED) is 0.422. The summed E-state index contributed by atoms with van der Waals surface area (Å²) in [5.74, 6) is 0.430. The maximum atomic E-state index is 11.9. The molecule has 20 heavy (non-hydrogen) atoms. The summed E-state index contributed by atoms with van der Waals surface area (Å²) >= 11 is 5.96. The Bertz CT molecular complexity index is 747. The topological polar surface area (TPSA) is 49.1 Å². The molecule has 0 atom stereocenters. The smallest absolute Gasteiger partial charge is 0.284 e. The Morgan fingerprint density at radius 3 is 2.75 bits per heavy atom. The van der Waals surface area contributed by atoms with Crippen molar-refractivity contribution >= 4 is 22.6 Å². The molecule has 0 bridgehead atoms. The molecular formula is C15H11ClN2O2. The summed E-state index contributed by atoms with van der Waals surface area (Å²) in [5, 5.41) is 12.2. The molecule has 0 fully saturated rings. The molecule has 0 N–H and O–H groups in total. The van der Waals surface area contributed by atoms with Crippen LogP contribution in [-0.4, -0.2) is 4.98 Å². The van der Waals surface area contributed by atoms with Gasteiger partial charge in [0.05, 0.1) is 0 Å². The van der Waals surface area contributed by atoms with Crippen LogP contribution in [0.4, 0.5) is 0 Å². The van der Waals surface area contributed by atoms with Gasteiger partial charge in [-0.05, 0) is 11.6 Å². The van der Waals surface area contributed by atoms with E-state index in [-0.39, 0.29) is 0 Å². The number of halogens is 1. The third kappa shape index (κ3) is 2.51. The summed E-state index contributed by atoms with van der Waals surface area (Å²) in [5.41, 5.74) is 1.91. The number of nitrogens with zero attached hydrogens (tertiary/aromatic N) is 2. The van der Waals surface area contributed by atoms with Gasteiger partial charge in [-0.1, -0.05) is 41.9 Å². The zero-order valence-electron chi connectivity index (χ0n) is 10.5. The van der Waals surface area contributed by atoms with Gasteiger partial charge in [0.15, 0.2) is 11.9 Å². The van der Waals surface area contributed by atoms with Crippen LogP contribution < -0.4 is 9.47 Å². The minimum Gasteiger partial charge on any atom is -0.618 e. The van der Waals surface area contributed by atoms with E-state index >= 15 is 0 Å². The summed E-state index contributed by atoms with van der Waals surface area (Å²) in [6.45, 7) is 0.366. The average molecular weight is 287 g/mol. The summed E-state index contributed by atoms with van der Waals surface area (Å²) in [6, 6.07) is 14.6. The lowest BCUT2D eigenvalue weighted by molar-refractivity contribution is -0.577. The van der Waals surface area contributed by atoms with Crippen molar-refractivity contribution in [3.63, 3.8) is 0 Å². The van der Waals surface area contributed by atoms with Crippen LogP contribution >= 0.6 is 11.6 Å². The Morgan fingerprint density at radius 2 is 1.95 bits per heavy atom. The first kappa shape index (κ1) is 12.7. The van der Waals surface area contributed by atoms with Gasteiger partial charge in [-0.15, -0.1) is 0 Å². The van der Waals surface area contributed by atoms with Crippen LogP contribution in [0.2, 0.25) is 5.15 Å². The van der Waals surface area contributed by atoms with E-state index in [9.17, 15) is 5.21 Å². The predicted molar refractivity (Wildman–Crippen MR) is 76.5 cm³/mol. The maximum Gasteiger partial charge on any atom is 0.284 e. The molecule has 2 aromatic heterocycles. The van der Waals surface area contributed by atoms with Gasteiger partial charge in [-0.3, -0.25) is 0 Å². The molecule has 0 unspecified atom stereocenters. The van der Waals surface area contributed by atoms with Crippen molar-refractivity contribution in [3.05, 3.63) is 70.7 Å². The zero-order valence-corrected chi connectivity index (χ0v) is 11.2. The Morgan fingerprint density at radius 1 is 1.15 bits per heavy atom. The highest BCUT2D eigenvalue weighted by Crippen LogP contribution is 2.25. The molecule has 0 saturated heterocycles. The molecule has 0 aliphatic heterocycles. The van der Waals surface area contributed by atoms with E-state index in [2.05, 4.69) is 4.98 Å². The highest BCUT2D eigenvalue weighted by Gasteiger charge is 2.14. The second-order valence-electron chi connectivity index (χ2n) is 4.29. The number of aromatic nitrogens is 2. The first-order valence-corrected chi connectivity index (χ1v) is 6.47. The SMILES string of the molecule is [O-][n+]1cccc2nc(Cl)cc(OCc3ccccc3)c21. The van der Waals surface area contributed by atoms with Gasteiger partial charge in [-0.25, -0.2) is 4.98 Å². The third-order valence-corrected chi connectivity index (χ3v) is 3.08. The molecular weight excluding hydrogens is 276 g/mol. The van der Waals surface area contributed by atoms with E-state index in [1.165, 1.54) is 6.20 Å². The number of rotatable bonds is 3. The molecule has 5 heteroatoms. The molecule has 0 amide bonds. The second-order valence-corrected chi connectivity index (χ2v) is 4.67. The van der Waals surface area contributed by atoms with E-state index in [4.69, 9.17) is 16.3 Å². The summed E-state index contributed by atoms with van der Waals surface area (Å²) in [7, 11) is 0. The van der Waals surface area contributed by atoms with E-state index in [0.29, 0.717) is 28.5 Å². The van der Waals surface area contributed by atoms with E-state index in [1.807, 2.05) is 30.3 Å². The first-order valence-electron chi connectivity index (χ1n) is 6.09. The second kappa shape index (κ2) is 5.35. The summed E-state index contributed by atoms with van der Waals surface area (Å²) < 4.78 is 6.46. The van der Waals surface area contributed by atoms with Crippen molar-refractivity contribution in [1.82, 2.24) is 4.98 Å². The highest BCUT2D eigenvalue weighted by atomic mass is 35.5. The van der Waals surface area contributed by atoms with Crippen molar-refractivity contribution in [2.45, 2.75) is 6.61 Å². The first-order chi connectivity index (χ1) is 9.74. The molecule has 3 aromatic rings. The molecule has 0 radical (unpaired) electrons. The van der Waals surface area contributed by atoms with E-state index in [1.54, 1.807) is 18.2 Å². The van der Waals surface area contributed by atoms with Crippen LogP contribution in [0.25, 0.3) is 11.0 Å². The van der Waals surface area contributed by atoms with Gasteiger partial charge < -0.3 is 9.94 Å². The van der Waals surface area contributed by atoms with Gasteiger partial charge in [0, 0.05) is 12.1 Å². The highest BCUT2D eigenvalue weighted by molar-refractivity contribution is 6.30. The van der Waals surface area contributed by atoms with Crippen molar-refractivity contribution < 1.29 is 9.47 Å². The van der Waals surface area contributed by atoms with Gasteiger partial charge in [-0.2, -0.15) is 4.73 Å². The minimum absolute atomic E-state index is 0.298. The van der Waals surface area contributed by atoms with Crippen LogP contribution in [0.5, 0.6) is 5.75 Å². The molecule has 1 aromatic carbocycles. The van der Waals surface area contributed by atoms with Crippen LogP contribution in [-0.2, 0) is 6.61 Å². The number of benzene rings is 1. The fourth-order valence-electron chi connectivity index (χ4n) is 1.97. The molecule has 0 spiro atoms. The van der Waals surface area contributed by atoms with Crippen LogP contribution in [0.1, 0.15) is 5.56 Å². The predicted octanol–water partition coefficient (Wildman–Crippen LogP) is 3.10. The van der Waals surface area contributed by atoms with Crippen molar-refractivity contribution in [2.24, 2.45) is 0 Å². The van der Waals surface area contributed by atoms with Crippen molar-refractivity contribution in [2.75, 3.05) is 0 Å². The number of pyridine rings is 2. The molecule has 0 saturated carbocycles. The van der Waals surface area contributed by atoms with Crippen molar-refractivity contribution in [1.29, 1.82) is 0 Å². The summed E-state index contributed by atoms with van der Waals surface area (Å²) in [4.78, 5) is 4.12. The molecule has 2 heterocycles. The lowest BCUT2D eigenvalue weighted by atomic mass is 10.2. The lowest BCUT2D eigenvalue weighted by Gasteiger charge is -2.09. The molecule has 100 valence electrons. The number of fused-ring (bicyclic) bond motifs is 1. The maximum absolute atomic E-state index is 11.9. The number of hydrogen-bond donors (Lipinski definition) is 0. The van der Waals surface area contributed by atoms with E-state index in [0.717, 1.165) is 10.3 Å².